The van der Waals surface area contributed by atoms with Crippen LogP contribution in [0.2, 0.25) is 0 Å². The van der Waals surface area contributed by atoms with E-state index in [4.69, 9.17) is 10.5 Å². The van der Waals surface area contributed by atoms with Crippen molar-refractivity contribution in [1.82, 2.24) is 15.3 Å². The molecule has 1 aromatic heterocycles. The van der Waals surface area contributed by atoms with Crippen LogP contribution >= 0.6 is 11.8 Å². The van der Waals surface area contributed by atoms with E-state index in [1.165, 1.54) is 12.8 Å². The SMILES string of the molecule is CC1CCCC1NC(=O)OC(C)(C)C.CSc1cnc(N)nc1. The Kier molecular flexibility index (Phi) is 7.61. The van der Waals surface area contributed by atoms with Gasteiger partial charge < -0.3 is 15.8 Å². The first kappa shape index (κ1) is 19.5. The Labute approximate surface area is 143 Å². The van der Waals surface area contributed by atoms with Crippen LogP contribution in [0.15, 0.2) is 17.3 Å². The summed E-state index contributed by atoms with van der Waals surface area (Å²) in [4.78, 5) is 20.1. The molecule has 130 valence electrons. The van der Waals surface area contributed by atoms with Crippen LogP contribution in [0, 0.1) is 5.92 Å². The molecule has 1 aromatic rings. The summed E-state index contributed by atoms with van der Waals surface area (Å²) in [5.41, 5.74) is 4.85. The molecule has 2 atom stereocenters. The Morgan fingerprint density at radius 2 is 1.96 bits per heavy atom. The monoisotopic (exact) mass is 340 g/mol. The van der Waals surface area contributed by atoms with E-state index in [0.29, 0.717) is 17.9 Å². The van der Waals surface area contributed by atoms with Gasteiger partial charge in [-0.1, -0.05) is 13.3 Å². The topological polar surface area (TPSA) is 90.1 Å². The van der Waals surface area contributed by atoms with E-state index in [9.17, 15) is 4.79 Å². The first-order chi connectivity index (χ1) is 10.7. The Balaban J connectivity index is 0.000000253. The van der Waals surface area contributed by atoms with Gasteiger partial charge in [0.05, 0.1) is 0 Å². The van der Waals surface area contributed by atoms with E-state index < -0.39 is 5.60 Å². The molecule has 0 spiro atoms. The fourth-order valence-corrected chi connectivity index (χ4v) is 2.57. The number of nitrogens with zero attached hydrogens (tertiary/aromatic N) is 2. The highest BCUT2D eigenvalue weighted by atomic mass is 32.2. The van der Waals surface area contributed by atoms with Crippen LogP contribution in [-0.2, 0) is 4.74 Å². The molecule has 6 nitrogen and oxygen atoms in total. The number of hydrogen-bond donors (Lipinski definition) is 2. The number of amides is 1. The Bertz CT molecular complexity index is 488. The minimum atomic E-state index is -0.397. The van der Waals surface area contributed by atoms with Gasteiger partial charge in [-0.2, -0.15) is 0 Å². The summed E-state index contributed by atoms with van der Waals surface area (Å²) in [7, 11) is 0. The van der Waals surface area contributed by atoms with Gasteiger partial charge in [0, 0.05) is 23.3 Å². The minimum absolute atomic E-state index is 0.281. The molecule has 1 amide bonds. The third-order valence-corrected chi connectivity index (χ3v) is 4.13. The summed E-state index contributed by atoms with van der Waals surface area (Å²) in [6.45, 7) is 7.81. The van der Waals surface area contributed by atoms with Gasteiger partial charge in [0.2, 0.25) is 5.95 Å². The van der Waals surface area contributed by atoms with E-state index in [1.54, 1.807) is 24.2 Å². The van der Waals surface area contributed by atoms with Gasteiger partial charge in [-0.05, 0) is 45.8 Å². The molecule has 0 aliphatic heterocycles. The second-order valence-electron chi connectivity index (χ2n) is 6.64. The molecular weight excluding hydrogens is 312 g/mol. The zero-order valence-corrected chi connectivity index (χ0v) is 15.4. The molecular formula is C16H28N4O2S. The number of aromatic nitrogens is 2. The van der Waals surface area contributed by atoms with Crippen LogP contribution in [0.1, 0.15) is 47.0 Å². The molecule has 1 saturated carbocycles. The van der Waals surface area contributed by atoms with Gasteiger partial charge >= 0.3 is 6.09 Å². The molecule has 0 radical (unpaired) electrons. The van der Waals surface area contributed by atoms with Crippen molar-refractivity contribution in [3.63, 3.8) is 0 Å². The van der Waals surface area contributed by atoms with Crippen LogP contribution in [0.25, 0.3) is 0 Å². The van der Waals surface area contributed by atoms with Gasteiger partial charge in [0.15, 0.2) is 0 Å². The lowest BCUT2D eigenvalue weighted by Gasteiger charge is -2.23. The summed E-state index contributed by atoms with van der Waals surface area (Å²) < 4.78 is 5.20. The molecule has 1 aliphatic carbocycles. The number of alkyl carbamates (subject to hydrolysis) is 1. The number of carbonyl (C=O) groups excluding carboxylic acids is 1. The second kappa shape index (κ2) is 8.96. The molecule has 1 aliphatic rings. The number of hydrogen-bond acceptors (Lipinski definition) is 6. The number of nitrogen functional groups attached to an aromatic ring is 1. The number of nitrogens with one attached hydrogen (secondary N) is 1. The lowest BCUT2D eigenvalue weighted by Crippen LogP contribution is -2.40. The normalized spacial score (nSPS) is 20.4. The van der Waals surface area contributed by atoms with Crippen molar-refractivity contribution in [2.45, 2.75) is 63.5 Å². The highest BCUT2D eigenvalue weighted by Gasteiger charge is 2.26. The van der Waals surface area contributed by atoms with Crippen LogP contribution in [0.4, 0.5) is 10.7 Å². The van der Waals surface area contributed by atoms with Gasteiger partial charge in [0.25, 0.3) is 0 Å². The highest BCUT2D eigenvalue weighted by Crippen LogP contribution is 2.25. The predicted molar refractivity (Wildman–Crippen MR) is 94.4 cm³/mol. The first-order valence-corrected chi connectivity index (χ1v) is 9.04. The van der Waals surface area contributed by atoms with E-state index in [2.05, 4.69) is 22.2 Å². The quantitative estimate of drug-likeness (QED) is 0.801. The summed E-state index contributed by atoms with van der Waals surface area (Å²) >= 11 is 1.60. The largest absolute Gasteiger partial charge is 0.444 e. The second-order valence-corrected chi connectivity index (χ2v) is 7.52. The van der Waals surface area contributed by atoms with Crippen molar-refractivity contribution in [3.05, 3.63) is 12.4 Å². The summed E-state index contributed by atoms with van der Waals surface area (Å²) in [6.07, 6.45) is 8.59. The zero-order valence-electron chi connectivity index (χ0n) is 14.6. The number of rotatable bonds is 2. The maximum Gasteiger partial charge on any atom is 0.407 e. The van der Waals surface area contributed by atoms with E-state index in [1.807, 2.05) is 27.0 Å². The van der Waals surface area contributed by atoms with E-state index in [0.717, 1.165) is 11.3 Å². The Morgan fingerprint density at radius 3 is 2.39 bits per heavy atom. The predicted octanol–water partition coefficient (Wildman–Crippen LogP) is 3.48. The fourth-order valence-electron chi connectivity index (χ4n) is 2.25. The highest BCUT2D eigenvalue weighted by molar-refractivity contribution is 7.98. The summed E-state index contributed by atoms with van der Waals surface area (Å²) in [5, 5.41) is 2.92. The lowest BCUT2D eigenvalue weighted by molar-refractivity contribution is 0.0495. The van der Waals surface area contributed by atoms with Crippen molar-refractivity contribution in [1.29, 1.82) is 0 Å². The minimum Gasteiger partial charge on any atom is -0.444 e. The average molecular weight is 340 g/mol. The molecule has 23 heavy (non-hydrogen) atoms. The molecule has 0 aromatic carbocycles. The van der Waals surface area contributed by atoms with Gasteiger partial charge in [-0.3, -0.25) is 0 Å². The van der Waals surface area contributed by atoms with Crippen molar-refractivity contribution < 1.29 is 9.53 Å². The van der Waals surface area contributed by atoms with Crippen molar-refractivity contribution in [3.8, 4) is 0 Å². The Hall–Kier alpha value is -1.50. The smallest absolute Gasteiger partial charge is 0.407 e. The maximum absolute atomic E-state index is 11.4. The fraction of sp³-hybridized carbons (Fsp3) is 0.688. The van der Waals surface area contributed by atoms with Crippen molar-refractivity contribution in [2.75, 3.05) is 12.0 Å². The van der Waals surface area contributed by atoms with Crippen LogP contribution in [-0.4, -0.2) is 34.0 Å². The van der Waals surface area contributed by atoms with Crippen molar-refractivity contribution >= 4 is 23.8 Å². The molecule has 3 N–H and O–H groups in total. The zero-order chi connectivity index (χ0) is 17.5. The van der Waals surface area contributed by atoms with Crippen LogP contribution in [0.3, 0.4) is 0 Å². The standard InChI is InChI=1S/C11H21NO2.C5H7N3S/c1-8-6-5-7-9(8)12-10(13)14-11(2,3)4;1-9-4-2-7-5(6)8-3-4/h8-9H,5-7H2,1-4H3,(H,12,13);2-3H,1H3,(H2,6,7,8). The Morgan fingerprint density at radius 1 is 1.35 bits per heavy atom. The van der Waals surface area contributed by atoms with Gasteiger partial charge in [-0.25, -0.2) is 14.8 Å². The number of ether oxygens (including phenoxy) is 1. The molecule has 2 unspecified atom stereocenters. The average Bonchev–Trinajstić information content (AvgIpc) is 2.84. The summed E-state index contributed by atoms with van der Waals surface area (Å²) in [6, 6.07) is 0.310. The van der Waals surface area contributed by atoms with Gasteiger partial charge in [-0.15, -0.1) is 11.8 Å². The number of nitrogens with two attached hydrogens (primary N) is 1. The number of anilines is 1. The lowest BCUT2D eigenvalue weighted by atomic mass is 10.1. The van der Waals surface area contributed by atoms with E-state index in [-0.39, 0.29) is 6.09 Å². The molecule has 0 saturated heterocycles. The maximum atomic E-state index is 11.4. The third kappa shape index (κ3) is 8.06. The van der Waals surface area contributed by atoms with Crippen LogP contribution in [0.5, 0.6) is 0 Å². The molecule has 2 rings (SSSR count). The molecule has 7 heteroatoms. The van der Waals surface area contributed by atoms with Gasteiger partial charge in [0.1, 0.15) is 5.60 Å². The third-order valence-electron chi connectivity index (χ3n) is 3.45. The van der Waals surface area contributed by atoms with E-state index >= 15 is 0 Å². The molecule has 1 fully saturated rings. The molecule has 1 heterocycles. The number of thioether (sulfide) groups is 1. The number of carbonyl (C=O) groups is 1. The van der Waals surface area contributed by atoms with Crippen LogP contribution < -0.4 is 11.1 Å². The van der Waals surface area contributed by atoms with Crippen molar-refractivity contribution in [2.24, 2.45) is 5.92 Å². The first-order valence-electron chi connectivity index (χ1n) is 7.82. The summed E-state index contributed by atoms with van der Waals surface area (Å²) in [5.74, 6) is 0.912. The molecule has 0 bridgehead atoms.